The first-order valence-corrected chi connectivity index (χ1v) is 20.5. The summed E-state index contributed by atoms with van der Waals surface area (Å²) in [6.45, 7) is 0. The van der Waals surface area contributed by atoms with Gasteiger partial charge in [-0.25, -0.2) is 0 Å². The van der Waals surface area contributed by atoms with Gasteiger partial charge in [0.05, 0.1) is 0 Å². The summed E-state index contributed by atoms with van der Waals surface area (Å²) >= 11 is 0. The highest BCUT2D eigenvalue weighted by molar-refractivity contribution is 7.86. The number of hydrogen-bond acceptors (Lipinski definition) is 0. The Hall–Kier alpha value is -5.64. The summed E-state index contributed by atoms with van der Waals surface area (Å²) in [4.78, 5) is 0. The van der Waals surface area contributed by atoms with E-state index in [-0.39, 0.29) is 0 Å². The number of hydrogen-bond donors (Lipinski definition) is 0. The Balaban J connectivity index is 1.40. The molecular weight excluding hydrogens is 662 g/mol. The minimum atomic E-state index is -1.05. The Morgan fingerprint density at radius 3 is 0.865 bits per heavy atom. The molecule has 0 atom stereocenters. The fourth-order valence-corrected chi connectivity index (χ4v) is 14.2. The van der Waals surface area contributed by atoms with Crippen LogP contribution >= 0.6 is 15.8 Å². The molecule has 0 aromatic heterocycles. The normalized spacial score (nSPS) is 11.8. The molecule has 52 heavy (non-hydrogen) atoms. The van der Waals surface area contributed by atoms with Gasteiger partial charge < -0.3 is 0 Å². The second-order valence-corrected chi connectivity index (χ2v) is 17.5. The predicted molar refractivity (Wildman–Crippen MR) is 231 cm³/mol. The molecule has 0 bridgehead atoms. The van der Waals surface area contributed by atoms with E-state index >= 15 is 0 Å². The Kier molecular flexibility index (Phi) is 7.88. The van der Waals surface area contributed by atoms with Crippen molar-refractivity contribution in [2.24, 2.45) is 0 Å². The lowest BCUT2D eigenvalue weighted by molar-refractivity contribution is 1.76. The highest BCUT2D eigenvalue weighted by Crippen LogP contribution is 2.45. The van der Waals surface area contributed by atoms with E-state index in [0.29, 0.717) is 0 Å². The summed E-state index contributed by atoms with van der Waals surface area (Å²) in [5.74, 6) is 0. The molecule has 0 saturated heterocycles. The molecule has 0 radical (unpaired) electrons. The molecule has 0 aliphatic rings. The van der Waals surface area contributed by atoms with Gasteiger partial charge in [0.25, 0.3) is 0 Å². The van der Waals surface area contributed by atoms with E-state index in [1.54, 1.807) is 0 Å². The van der Waals surface area contributed by atoms with E-state index in [0.717, 1.165) is 0 Å². The number of benzene rings is 10. The van der Waals surface area contributed by atoms with E-state index in [2.05, 4.69) is 206 Å². The van der Waals surface area contributed by atoms with Crippen molar-refractivity contribution in [3.05, 3.63) is 206 Å². The van der Waals surface area contributed by atoms with E-state index in [4.69, 9.17) is 0 Å². The zero-order valence-corrected chi connectivity index (χ0v) is 30.3. The van der Waals surface area contributed by atoms with Crippen LogP contribution in [0.15, 0.2) is 206 Å². The van der Waals surface area contributed by atoms with Crippen molar-refractivity contribution in [3.63, 3.8) is 0 Å². The molecule has 2 heteroatoms. The molecule has 0 unspecified atom stereocenters. The Morgan fingerprint density at radius 1 is 0.192 bits per heavy atom. The van der Waals surface area contributed by atoms with Crippen molar-refractivity contribution in [2.45, 2.75) is 0 Å². The van der Waals surface area contributed by atoms with E-state index in [1.807, 2.05) is 0 Å². The summed E-state index contributed by atoms with van der Waals surface area (Å²) in [6.07, 6.45) is 0. The molecule has 0 aliphatic heterocycles. The van der Waals surface area contributed by atoms with Crippen LogP contribution in [0.1, 0.15) is 0 Å². The summed E-state index contributed by atoms with van der Waals surface area (Å²) in [6, 6.07) is 77.4. The molecule has 0 heterocycles. The van der Waals surface area contributed by atoms with Crippen molar-refractivity contribution >= 4 is 102 Å². The van der Waals surface area contributed by atoms with Crippen LogP contribution in [-0.2, 0) is 0 Å². The highest BCUT2D eigenvalue weighted by Gasteiger charge is 2.31. The number of fused-ring (bicyclic) bond motifs is 5. The molecule has 10 aromatic carbocycles. The average molecular weight is 697 g/mol. The minimum Gasteiger partial charge on any atom is -0.0616 e. The maximum atomic E-state index is 2.48. The lowest BCUT2D eigenvalue weighted by Crippen LogP contribution is -2.36. The first kappa shape index (κ1) is 31.1. The molecule has 10 rings (SSSR count). The SMILES string of the molecule is c1ccc2c(P(c3ccc4ccccc4c3P(c3cccc4ccccc34)c3cccc4ccccc34)c3cccc4ccccc34)cccc2c1. The molecule has 0 amide bonds. The topological polar surface area (TPSA) is 0 Å². The largest absolute Gasteiger partial charge is 0.0616 e. The van der Waals surface area contributed by atoms with Crippen molar-refractivity contribution in [3.8, 4) is 0 Å². The first-order valence-electron chi connectivity index (χ1n) is 17.9. The summed E-state index contributed by atoms with van der Waals surface area (Å²) in [5.41, 5.74) is 0. The fourth-order valence-electron chi connectivity index (χ4n) is 8.03. The van der Waals surface area contributed by atoms with Gasteiger partial charge in [0.1, 0.15) is 0 Å². The number of rotatable bonds is 6. The fraction of sp³-hybridized carbons (Fsp3) is 0. The smallest absolute Gasteiger partial charge is 0.00114 e. The monoisotopic (exact) mass is 696 g/mol. The van der Waals surface area contributed by atoms with E-state index < -0.39 is 15.8 Å². The standard InChI is InChI=1S/C50H34P2/c1-6-24-40-35(15-1)20-11-29-45(40)51(46-30-12-21-36-16-2-7-25-41(36)46)49-34-33-39-19-5-10-28-44(39)50(49)52(47-31-13-22-37-17-3-8-26-42(37)47)48-32-14-23-38-18-4-9-27-43(38)48/h1-34H. The average Bonchev–Trinajstić information content (AvgIpc) is 3.22. The van der Waals surface area contributed by atoms with Crippen LogP contribution in [0, 0.1) is 0 Å². The molecular formula is C50H34P2. The lowest BCUT2D eigenvalue weighted by atomic mass is 10.1. The van der Waals surface area contributed by atoms with Crippen molar-refractivity contribution in [2.75, 3.05) is 0 Å². The van der Waals surface area contributed by atoms with Crippen molar-refractivity contribution < 1.29 is 0 Å². The predicted octanol–water partition coefficient (Wildman–Crippen LogP) is 11.0. The third-order valence-corrected chi connectivity index (χ3v) is 15.8. The van der Waals surface area contributed by atoms with Gasteiger partial charge in [-0.3, -0.25) is 0 Å². The van der Waals surface area contributed by atoms with Crippen LogP contribution < -0.4 is 31.8 Å². The third-order valence-electron chi connectivity index (χ3n) is 10.4. The van der Waals surface area contributed by atoms with Gasteiger partial charge in [-0.15, -0.1) is 0 Å². The first-order chi connectivity index (χ1) is 25.8. The lowest BCUT2D eigenvalue weighted by Gasteiger charge is -2.31. The van der Waals surface area contributed by atoms with Crippen LogP contribution in [0.25, 0.3) is 53.9 Å². The van der Waals surface area contributed by atoms with Crippen molar-refractivity contribution in [1.82, 2.24) is 0 Å². The Labute approximate surface area is 306 Å². The van der Waals surface area contributed by atoms with Gasteiger partial charge in [-0.2, -0.15) is 0 Å². The molecule has 244 valence electrons. The van der Waals surface area contributed by atoms with E-state index in [9.17, 15) is 0 Å². The van der Waals surface area contributed by atoms with E-state index in [1.165, 1.54) is 85.7 Å². The van der Waals surface area contributed by atoms with Gasteiger partial charge >= 0.3 is 0 Å². The Morgan fingerprint density at radius 2 is 0.481 bits per heavy atom. The molecule has 0 N–H and O–H groups in total. The molecule has 0 aliphatic carbocycles. The zero-order chi connectivity index (χ0) is 34.4. The maximum absolute atomic E-state index is 2.48. The van der Waals surface area contributed by atoms with Crippen LogP contribution in [0.5, 0.6) is 0 Å². The summed E-state index contributed by atoms with van der Waals surface area (Å²) in [7, 11) is -2.07. The molecule has 10 aromatic rings. The molecule has 0 saturated carbocycles. The molecule has 0 fully saturated rings. The molecule has 0 spiro atoms. The Bertz CT molecular complexity index is 2760. The van der Waals surface area contributed by atoms with Gasteiger partial charge in [0.15, 0.2) is 0 Å². The van der Waals surface area contributed by atoms with Gasteiger partial charge in [-0.1, -0.05) is 206 Å². The third kappa shape index (κ3) is 5.22. The summed E-state index contributed by atoms with van der Waals surface area (Å²) in [5, 5.41) is 21.5. The summed E-state index contributed by atoms with van der Waals surface area (Å²) < 4.78 is 0. The van der Waals surface area contributed by atoms with Crippen molar-refractivity contribution in [1.29, 1.82) is 0 Å². The van der Waals surface area contributed by atoms with Crippen LogP contribution in [0.3, 0.4) is 0 Å². The zero-order valence-electron chi connectivity index (χ0n) is 28.5. The quantitative estimate of drug-likeness (QED) is 0.152. The van der Waals surface area contributed by atoms with Gasteiger partial charge in [-0.05, 0) is 96.2 Å². The molecule has 0 nitrogen and oxygen atoms in total. The van der Waals surface area contributed by atoms with Crippen LogP contribution in [0.4, 0.5) is 0 Å². The van der Waals surface area contributed by atoms with Gasteiger partial charge in [0, 0.05) is 5.30 Å². The highest BCUT2D eigenvalue weighted by atomic mass is 31.1. The van der Waals surface area contributed by atoms with Gasteiger partial charge in [0.2, 0.25) is 0 Å². The second-order valence-electron chi connectivity index (χ2n) is 13.3. The van der Waals surface area contributed by atoms with Crippen LogP contribution in [-0.4, -0.2) is 0 Å². The van der Waals surface area contributed by atoms with Crippen LogP contribution in [0.2, 0.25) is 0 Å². The second kappa shape index (κ2) is 13.2. The maximum Gasteiger partial charge on any atom is 0.00114 e. The minimum absolute atomic E-state index is 1.02.